The first-order valence-electron chi connectivity index (χ1n) is 8.31. The van der Waals surface area contributed by atoms with Crippen molar-refractivity contribution in [3.05, 3.63) is 50.9 Å². The second-order valence-corrected chi connectivity index (χ2v) is 7.96. The zero-order valence-electron chi connectivity index (χ0n) is 14.5. The van der Waals surface area contributed by atoms with Crippen LogP contribution in [0.5, 0.6) is 0 Å². The van der Waals surface area contributed by atoms with Crippen molar-refractivity contribution < 1.29 is 0 Å². The molecule has 2 N–H and O–H groups in total. The van der Waals surface area contributed by atoms with E-state index in [9.17, 15) is 0 Å². The largest absolute Gasteiger partial charge is 0.357 e. The molecule has 0 bridgehead atoms. The molecule has 1 aliphatic carbocycles. The second-order valence-electron chi connectivity index (χ2n) is 6.20. The first-order chi connectivity index (χ1) is 11.6. The monoisotopic (exact) mass is 490 g/mol. The number of aliphatic imine (C=N–C) groups is 1. The average molecular weight is 491 g/mol. The fourth-order valence-electron chi connectivity index (χ4n) is 2.74. The maximum atomic E-state index is 6.00. The van der Waals surface area contributed by atoms with E-state index in [4.69, 9.17) is 11.6 Å². The van der Waals surface area contributed by atoms with Crippen molar-refractivity contribution in [2.45, 2.75) is 38.6 Å². The predicted octanol–water partition coefficient (Wildman–Crippen LogP) is 4.51. The van der Waals surface area contributed by atoms with E-state index in [0.29, 0.717) is 6.54 Å². The molecule has 1 aliphatic rings. The summed E-state index contributed by atoms with van der Waals surface area (Å²) in [5.41, 5.74) is 1.57. The maximum absolute atomic E-state index is 6.00. The molecule has 1 aromatic carbocycles. The van der Waals surface area contributed by atoms with Crippen molar-refractivity contribution in [1.29, 1.82) is 0 Å². The van der Waals surface area contributed by atoms with Crippen molar-refractivity contribution in [2.75, 3.05) is 13.1 Å². The zero-order valence-corrected chi connectivity index (χ0v) is 18.4. The molecule has 0 radical (unpaired) electrons. The predicted molar refractivity (Wildman–Crippen MR) is 117 cm³/mol. The fourth-order valence-corrected chi connectivity index (χ4v) is 3.58. The highest BCUT2D eigenvalue weighted by Gasteiger charge is 2.44. The van der Waals surface area contributed by atoms with Gasteiger partial charge in [-0.2, -0.15) is 0 Å². The smallest absolute Gasteiger partial charge is 0.191 e. The number of hydrogen-bond donors (Lipinski definition) is 2. The Morgan fingerprint density at radius 2 is 2.00 bits per heavy atom. The van der Waals surface area contributed by atoms with Crippen LogP contribution >= 0.6 is 46.9 Å². The van der Waals surface area contributed by atoms with Gasteiger partial charge in [-0.1, -0.05) is 23.7 Å². The van der Waals surface area contributed by atoms with E-state index in [0.717, 1.165) is 29.1 Å². The SMILES string of the molecule is CCNC(=NCc1ncc(C)s1)NCC1(c2ccc(Cl)cc2)CC1.I. The van der Waals surface area contributed by atoms with Gasteiger partial charge in [0.05, 0.1) is 6.54 Å². The normalized spacial score (nSPS) is 15.4. The van der Waals surface area contributed by atoms with Gasteiger partial charge in [-0.05, 0) is 44.4 Å². The van der Waals surface area contributed by atoms with Gasteiger partial charge in [0.15, 0.2) is 5.96 Å². The Morgan fingerprint density at radius 3 is 2.56 bits per heavy atom. The summed E-state index contributed by atoms with van der Waals surface area (Å²) in [4.78, 5) is 10.2. The second kappa shape index (κ2) is 9.19. The third-order valence-corrected chi connectivity index (χ3v) is 5.44. The summed E-state index contributed by atoms with van der Waals surface area (Å²) < 4.78 is 0. The molecule has 0 amide bonds. The number of thiazole rings is 1. The van der Waals surface area contributed by atoms with Gasteiger partial charge in [-0.15, -0.1) is 35.3 Å². The van der Waals surface area contributed by atoms with Gasteiger partial charge in [-0.25, -0.2) is 9.98 Å². The third kappa shape index (κ3) is 5.56. The van der Waals surface area contributed by atoms with Gasteiger partial charge in [-0.3, -0.25) is 0 Å². The van der Waals surface area contributed by atoms with E-state index < -0.39 is 0 Å². The lowest BCUT2D eigenvalue weighted by Crippen LogP contribution is -2.41. The van der Waals surface area contributed by atoms with Gasteiger partial charge in [0.25, 0.3) is 0 Å². The molecule has 1 aromatic heterocycles. The van der Waals surface area contributed by atoms with Crippen molar-refractivity contribution in [3.63, 3.8) is 0 Å². The molecule has 0 aliphatic heterocycles. The first-order valence-corrected chi connectivity index (χ1v) is 9.50. The van der Waals surface area contributed by atoms with Crippen LogP contribution in [0.25, 0.3) is 0 Å². The Hall–Kier alpha value is -0.860. The number of benzene rings is 1. The lowest BCUT2D eigenvalue weighted by Gasteiger charge is -2.19. The number of nitrogens with zero attached hydrogens (tertiary/aromatic N) is 2. The molecule has 0 spiro atoms. The van der Waals surface area contributed by atoms with Gasteiger partial charge in [0.1, 0.15) is 5.01 Å². The molecular weight excluding hydrogens is 467 g/mol. The highest BCUT2D eigenvalue weighted by molar-refractivity contribution is 14.0. The molecule has 0 atom stereocenters. The van der Waals surface area contributed by atoms with Gasteiger partial charge in [0.2, 0.25) is 0 Å². The number of nitrogens with one attached hydrogen (secondary N) is 2. The molecule has 7 heteroatoms. The molecule has 3 rings (SSSR count). The summed E-state index contributed by atoms with van der Waals surface area (Å²) in [6.07, 6.45) is 4.30. The van der Waals surface area contributed by atoms with Crippen LogP contribution in [0.1, 0.15) is 35.2 Å². The van der Waals surface area contributed by atoms with E-state index in [2.05, 4.69) is 46.6 Å². The molecule has 1 heterocycles. The highest BCUT2D eigenvalue weighted by atomic mass is 127. The van der Waals surface area contributed by atoms with Crippen molar-refractivity contribution in [3.8, 4) is 0 Å². The van der Waals surface area contributed by atoms with E-state index in [1.54, 1.807) is 11.3 Å². The summed E-state index contributed by atoms with van der Waals surface area (Å²) in [6, 6.07) is 8.22. The fraction of sp³-hybridized carbons (Fsp3) is 0.444. The lowest BCUT2D eigenvalue weighted by molar-refractivity contribution is 0.646. The third-order valence-electron chi connectivity index (χ3n) is 4.29. The number of aromatic nitrogens is 1. The van der Waals surface area contributed by atoms with Gasteiger partial charge >= 0.3 is 0 Å². The van der Waals surface area contributed by atoms with E-state index >= 15 is 0 Å². The van der Waals surface area contributed by atoms with E-state index in [1.165, 1.54) is 23.3 Å². The summed E-state index contributed by atoms with van der Waals surface area (Å²) in [7, 11) is 0. The Labute approximate surface area is 175 Å². The molecule has 0 saturated heterocycles. The van der Waals surface area contributed by atoms with Crippen LogP contribution in [0.2, 0.25) is 5.02 Å². The summed E-state index contributed by atoms with van der Waals surface area (Å²) >= 11 is 7.70. The van der Waals surface area contributed by atoms with Crippen molar-refractivity contribution in [2.24, 2.45) is 4.99 Å². The average Bonchev–Trinajstić information content (AvgIpc) is 3.25. The topological polar surface area (TPSA) is 49.3 Å². The minimum Gasteiger partial charge on any atom is -0.357 e. The number of halogens is 2. The molecule has 25 heavy (non-hydrogen) atoms. The first kappa shape index (κ1) is 20.5. The van der Waals surface area contributed by atoms with Crippen LogP contribution in [0.3, 0.4) is 0 Å². The molecule has 1 saturated carbocycles. The Kier molecular flexibility index (Phi) is 7.51. The van der Waals surface area contributed by atoms with Crippen molar-refractivity contribution in [1.82, 2.24) is 15.6 Å². The lowest BCUT2D eigenvalue weighted by atomic mass is 9.96. The Balaban J connectivity index is 0.00000225. The molecule has 4 nitrogen and oxygen atoms in total. The highest BCUT2D eigenvalue weighted by Crippen LogP contribution is 2.47. The van der Waals surface area contributed by atoms with E-state index in [-0.39, 0.29) is 29.4 Å². The Morgan fingerprint density at radius 1 is 1.28 bits per heavy atom. The van der Waals surface area contributed by atoms with Crippen LogP contribution in [-0.2, 0) is 12.0 Å². The van der Waals surface area contributed by atoms with Crippen LogP contribution in [0, 0.1) is 6.92 Å². The standard InChI is InChI=1S/C18H23ClN4S.HI/c1-3-20-17(22-11-16-21-10-13(2)24-16)23-12-18(8-9-18)14-4-6-15(19)7-5-14;/h4-7,10H,3,8-9,11-12H2,1-2H3,(H2,20,22,23);1H. The molecule has 1 fully saturated rings. The summed E-state index contributed by atoms with van der Waals surface area (Å²) in [5.74, 6) is 0.852. The van der Waals surface area contributed by atoms with Crippen molar-refractivity contribution >= 4 is 52.9 Å². The summed E-state index contributed by atoms with van der Waals surface area (Å²) in [5, 5.41) is 8.64. The molecular formula is C18H24ClIN4S. The minimum absolute atomic E-state index is 0. The van der Waals surface area contributed by atoms with Crippen LogP contribution in [0.4, 0.5) is 0 Å². The zero-order chi connectivity index (χ0) is 17.0. The molecule has 0 unspecified atom stereocenters. The number of guanidine groups is 1. The molecule has 2 aromatic rings. The maximum Gasteiger partial charge on any atom is 0.191 e. The summed E-state index contributed by atoms with van der Waals surface area (Å²) in [6.45, 7) is 6.49. The quantitative estimate of drug-likeness (QED) is 0.356. The minimum atomic E-state index is 0. The molecule has 136 valence electrons. The number of hydrogen-bond acceptors (Lipinski definition) is 3. The number of rotatable bonds is 6. The number of aryl methyl sites for hydroxylation is 1. The Bertz CT molecular complexity index is 710. The van der Waals surface area contributed by atoms with Crippen LogP contribution in [-0.4, -0.2) is 24.0 Å². The van der Waals surface area contributed by atoms with Crippen LogP contribution in [0.15, 0.2) is 35.5 Å². The van der Waals surface area contributed by atoms with Crippen LogP contribution < -0.4 is 10.6 Å². The van der Waals surface area contributed by atoms with Gasteiger partial charge < -0.3 is 10.6 Å². The van der Waals surface area contributed by atoms with Gasteiger partial charge in [0, 0.05) is 34.6 Å². The van der Waals surface area contributed by atoms with E-state index in [1.807, 2.05) is 18.3 Å².